The first-order valence-corrected chi connectivity index (χ1v) is 12.3. The number of ether oxygens (including phenoxy) is 1. The van der Waals surface area contributed by atoms with Crippen molar-refractivity contribution < 1.29 is 24.2 Å². The molecule has 5 rings (SSSR count). The summed E-state index contributed by atoms with van der Waals surface area (Å²) in [6.07, 6.45) is 5.32. The molecule has 0 saturated carbocycles. The number of benzene rings is 2. The van der Waals surface area contributed by atoms with Gasteiger partial charge in [-0.1, -0.05) is 24.3 Å². The van der Waals surface area contributed by atoms with Crippen molar-refractivity contribution in [2.45, 2.75) is 45.4 Å². The lowest BCUT2D eigenvalue weighted by Crippen LogP contribution is -2.08. The van der Waals surface area contributed by atoms with E-state index in [4.69, 9.17) is 4.74 Å². The van der Waals surface area contributed by atoms with Crippen LogP contribution in [0.25, 0.3) is 22.8 Å². The minimum atomic E-state index is -0.308. The molecule has 7 heteroatoms. The number of esters is 1. The van der Waals surface area contributed by atoms with Gasteiger partial charge in [-0.2, -0.15) is 0 Å². The maximum Gasteiger partial charge on any atom is 0.306 e. The van der Waals surface area contributed by atoms with Gasteiger partial charge in [0.25, 0.3) is 5.91 Å². The van der Waals surface area contributed by atoms with E-state index in [-0.39, 0.29) is 29.8 Å². The van der Waals surface area contributed by atoms with Crippen molar-refractivity contribution in [2.75, 3.05) is 11.9 Å². The number of phenols is 1. The molecule has 0 spiro atoms. The van der Waals surface area contributed by atoms with Crippen molar-refractivity contribution in [3.8, 4) is 16.9 Å². The van der Waals surface area contributed by atoms with Gasteiger partial charge in [-0.25, -0.2) is 0 Å². The first-order chi connectivity index (χ1) is 17.4. The summed E-state index contributed by atoms with van der Waals surface area (Å²) in [6, 6.07) is 12.6. The molecule has 3 aromatic rings. The van der Waals surface area contributed by atoms with Crippen molar-refractivity contribution >= 4 is 35.0 Å². The molecule has 0 fully saturated rings. The average Bonchev–Trinajstić information content (AvgIpc) is 3.30. The predicted molar refractivity (Wildman–Crippen MR) is 138 cm³/mol. The number of carbonyl (C=O) groups excluding carboxylic acids is 3. The summed E-state index contributed by atoms with van der Waals surface area (Å²) in [7, 11) is 0. The van der Waals surface area contributed by atoms with Gasteiger partial charge in [0.1, 0.15) is 5.75 Å². The number of phenolic OH excluding ortho intramolecular Hbond substituents is 1. The Morgan fingerprint density at radius 3 is 2.58 bits per heavy atom. The Kier molecular flexibility index (Phi) is 6.46. The summed E-state index contributed by atoms with van der Waals surface area (Å²) in [5.74, 6) is -0.254. The van der Waals surface area contributed by atoms with Crippen molar-refractivity contribution in [1.29, 1.82) is 0 Å². The van der Waals surface area contributed by atoms with E-state index in [0.29, 0.717) is 42.0 Å². The van der Waals surface area contributed by atoms with Crippen molar-refractivity contribution in [1.82, 2.24) is 4.98 Å². The number of aryl methyl sites for hydroxylation is 1. The van der Waals surface area contributed by atoms with Gasteiger partial charge >= 0.3 is 5.97 Å². The molecular formula is C29H28N2O5. The molecule has 0 saturated heterocycles. The van der Waals surface area contributed by atoms with Crippen LogP contribution in [0.5, 0.6) is 5.75 Å². The zero-order chi connectivity index (χ0) is 25.2. The number of carbonyl (C=O) groups is 3. The maximum atomic E-state index is 13.0. The summed E-state index contributed by atoms with van der Waals surface area (Å²) >= 11 is 0. The minimum Gasteiger partial charge on any atom is -0.508 e. The van der Waals surface area contributed by atoms with Gasteiger partial charge in [0, 0.05) is 41.0 Å². The third-order valence-electron chi connectivity index (χ3n) is 6.75. The number of fused-ring (bicyclic) bond motifs is 2. The summed E-state index contributed by atoms with van der Waals surface area (Å²) in [6.45, 7) is 2.08. The van der Waals surface area contributed by atoms with Gasteiger partial charge in [0.15, 0.2) is 5.78 Å². The van der Waals surface area contributed by atoms with Crippen molar-refractivity contribution in [3.63, 3.8) is 0 Å². The molecule has 7 nitrogen and oxygen atoms in total. The van der Waals surface area contributed by atoms with E-state index >= 15 is 0 Å². The summed E-state index contributed by atoms with van der Waals surface area (Å²) in [5, 5.41) is 12.5. The number of nitrogens with one attached hydrogen (secondary N) is 2. The number of anilines is 1. The predicted octanol–water partition coefficient (Wildman–Crippen LogP) is 5.28. The highest BCUT2D eigenvalue weighted by Crippen LogP contribution is 2.38. The molecule has 2 heterocycles. The molecular weight excluding hydrogens is 456 g/mol. The number of aromatic amines is 1. The highest BCUT2D eigenvalue weighted by molar-refractivity contribution is 6.35. The second kappa shape index (κ2) is 9.85. The van der Waals surface area contributed by atoms with E-state index in [2.05, 4.69) is 10.3 Å². The number of hydrogen-bond acceptors (Lipinski definition) is 5. The third-order valence-corrected chi connectivity index (χ3v) is 6.75. The molecule has 1 aromatic heterocycles. The molecule has 184 valence electrons. The average molecular weight is 485 g/mol. The van der Waals surface area contributed by atoms with Crippen LogP contribution in [0.15, 0.2) is 42.5 Å². The number of ketones is 1. The van der Waals surface area contributed by atoms with Gasteiger partial charge < -0.3 is 20.1 Å². The molecule has 0 radical (unpaired) electrons. The molecule has 1 aliphatic heterocycles. The fourth-order valence-corrected chi connectivity index (χ4v) is 5.01. The SMILES string of the molecule is CCOC(=O)CCc1c(/C=C2\C(=O)Nc3cc(-c4ccc(O)cc4)ccc32)[nH]c2c1C(=O)CCCC2. The smallest absolute Gasteiger partial charge is 0.306 e. The Bertz CT molecular complexity index is 1380. The first kappa shape index (κ1) is 23.6. The van der Waals surface area contributed by atoms with Crippen LogP contribution >= 0.6 is 0 Å². The van der Waals surface area contributed by atoms with Crippen molar-refractivity contribution in [2.24, 2.45) is 0 Å². The maximum absolute atomic E-state index is 13.0. The van der Waals surface area contributed by atoms with Crippen LogP contribution in [0.4, 0.5) is 5.69 Å². The lowest BCUT2D eigenvalue weighted by molar-refractivity contribution is -0.143. The number of aromatic nitrogens is 1. The van der Waals surface area contributed by atoms with Gasteiger partial charge in [0.05, 0.1) is 12.2 Å². The van der Waals surface area contributed by atoms with Gasteiger partial charge in [0.2, 0.25) is 0 Å². The quantitative estimate of drug-likeness (QED) is 0.250. The standard InChI is InChI=1S/C29H28N2O5/c1-2-36-27(34)14-13-21-25(30-23-5-3-4-6-26(33)28(21)23)16-22-20-12-9-18(15-24(20)31-29(22)35)17-7-10-19(32)11-8-17/h7-12,15-16,30,32H,2-6,13-14H2,1H3,(H,31,35)/b22-16-. The molecule has 1 aliphatic carbocycles. The fourth-order valence-electron chi connectivity index (χ4n) is 5.01. The van der Waals surface area contributed by atoms with E-state index < -0.39 is 0 Å². The second-order valence-electron chi connectivity index (χ2n) is 9.13. The van der Waals surface area contributed by atoms with E-state index in [9.17, 15) is 19.5 Å². The Hall–Kier alpha value is -4.13. The van der Waals surface area contributed by atoms with Crippen LogP contribution < -0.4 is 5.32 Å². The number of hydrogen-bond donors (Lipinski definition) is 3. The van der Waals surface area contributed by atoms with Crippen LogP contribution in [0.3, 0.4) is 0 Å². The zero-order valence-electron chi connectivity index (χ0n) is 20.1. The highest BCUT2D eigenvalue weighted by atomic mass is 16.5. The normalized spacial score (nSPS) is 15.9. The Morgan fingerprint density at radius 2 is 1.81 bits per heavy atom. The topological polar surface area (TPSA) is 108 Å². The molecule has 0 bridgehead atoms. The Morgan fingerprint density at radius 1 is 1.06 bits per heavy atom. The molecule has 2 aromatic carbocycles. The molecule has 1 amide bonds. The van der Waals surface area contributed by atoms with Gasteiger partial charge in [-0.3, -0.25) is 14.4 Å². The van der Waals surface area contributed by atoms with Gasteiger partial charge in [-0.15, -0.1) is 0 Å². The first-order valence-electron chi connectivity index (χ1n) is 12.3. The molecule has 36 heavy (non-hydrogen) atoms. The molecule has 2 aliphatic rings. The van der Waals surface area contributed by atoms with Crippen LogP contribution in [-0.2, 0) is 27.2 Å². The van der Waals surface area contributed by atoms with E-state index in [1.807, 2.05) is 30.3 Å². The van der Waals surface area contributed by atoms with Crippen LogP contribution in [0.1, 0.15) is 65.5 Å². The summed E-state index contributed by atoms with van der Waals surface area (Å²) in [4.78, 5) is 41.4. The monoisotopic (exact) mass is 484 g/mol. The zero-order valence-corrected chi connectivity index (χ0v) is 20.1. The number of H-pyrrole nitrogens is 1. The molecule has 3 N–H and O–H groups in total. The third kappa shape index (κ3) is 4.56. The van der Waals surface area contributed by atoms with Crippen LogP contribution in [-0.4, -0.2) is 34.4 Å². The fraction of sp³-hybridized carbons (Fsp3) is 0.276. The number of amides is 1. The van der Waals surface area contributed by atoms with E-state index in [1.165, 1.54) is 0 Å². The molecule has 0 atom stereocenters. The van der Waals surface area contributed by atoms with Gasteiger partial charge in [-0.05, 0) is 73.6 Å². The number of Topliss-reactive ketones (excluding diaryl/α,β-unsaturated/α-hetero) is 1. The Labute approximate surface area is 209 Å². The Balaban J connectivity index is 1.53. The number of aromatic hydroxyl groups is 1. The van der Waals surface area contributed by atoms with E-state index in [1.54, 1.807) is 25.1 Å². The largest absolute Gasteiger partial charge is 0.508 e. The molecule has 0 unspecified atom stereocenters. The van der Waals surface area contributed by atoms with Crippen molar-refractivity contribution in [3.05, 3.63) is 70.5 Å². The summed E-state index contributed by atoms with van der Waals surface area (Å²) < 4.78 is 5.10. The minimum absolute atomic E-state index is 0.0806. The lowest BCUT2D eigenvalue weighted by Gasteiger charge is -2.07. The van der Waals surface area contributed by atoms with Crippen LogP contribution in [0.2, 0.25) is 0 Å². The summed E-state index contributed by atoms with van der Waals surface area (Å²) in [5.41, 5.74) is 6.85. The number of rotatable bonds is 6. The van der Waals surface area contributed by atoms with E-state index in [0.717, 1.165) is 47.2 Å². The van der Waals surface area contributed by atoms with Crippen LogP contribution in [0, 0.1) is 0 Å². The lowest BCUT2D eigenvalue weighted by atomic mass is 9.96. The second-order valence-corrected chi connectivity index (χ2v) is 9.13. The highest BCUT2D eigenvalue weighted by Gasteiger charge is 2.28.